The van der Waals surface area contributed by atoms with Crippen LogP contribution in [0.15, 0.2) is 15.5 Å². The smallest absolute Gasteiger partial charge is 0.263 e. The molecular weight excluding hydrogens is 278 g/mol. The Kier molecular flexibility index (Phi) is 4.77. The van der Waals surface area contributed by atoms with Gasteiger partial charge in [0.2, 0.25) is 5.89 Å². The summed E-state index contributed by atoms with van der Waals surface area (Å²) in [5.74, 6) is 0.782. The number of H-pyrrole nitrogens is 1. The third-order valence-corrected chi connectivity index (χ3v) is 2.58. The molecule has 2 rings (SSSR count). The topological polar surface area (TPSA) is 123 Å². The Morgan fingerprint density at radius 2 is 2.33 bits per heavy atom. The Morgan fingerprint density at radius 1 is 1.52 bits per heavy atom. The second kappa shape index (κ2) is 6.75. The molecule has 112 valence electrons. The van der Waals surface area contributed by atoms with Gasteiger partial charge >= 0.3 is 0 Å². The fourth-order valence-corrected chi connectivity index (χ4v) is 1.60. The molecule has 0 aliphatic rings. The average Bonchev–Trinajstić information content (AvgIpc) is 2.86. The summed E-state index contributed by atoms with van der Waals surface area (Å²) >= 11 is 0. The van der Waals surface area contributed by atoms with E-state index in [1.807, 2.05) is 0 Å². The van der Waals surface area contributed by atoms with Crippen molar-refractivity contribution in [3.8, 4) is 0 Å². The van der Waals surface area contributed by atoms with Crippen LogP contribution < -0.4 is 10.9 Å². The number of aryl methyl sites for hydroxylation is 1. The van der Waals surface area contributed by atoms with E-state index in [2.05, 4.69) is 25.4 Å². The van der Waals surface area contributed by atoms with Gasteiger partial charge in [-0.25, -0.2) is 4.98 Å². The predicted octanol–water partition coefficient (Wildman–Crippen LogP) is -0.420. The number of nitrogens with zero attached hydrogens (tertiary/aromatic N) is 3. The van der Waals surface area contributed by atoms with Crippen molar-refractivity contribution < 1.29 is 14.1 Å². The first-order valence-corrected chi connectivity index (χ1v) is 6.24. The SMILES string of the molecule is COCc1noc(CCNC(=O)c2cnc(C)[nH]c2=O)n1. The maximum absolute atomic E-state index is 11.8. The standard InChI is InChI=1S/C12H15N5O4/c1-7-14-5-8(12(19)15-7)11(18)13-4-3-10-16-9(6-20-2)17-21-10/h5H,3-4,6H2,1-2H3,(H,13,18)(H,14,15,19). The van der Waals surface area contributed by atoms with Crippen LogP contribution in [0.4, 0.5) is 0 Å². The van der Waals surface area contributed by atoms with Crippen molar-refractivity contribution in [2.24, 2.45) is 0 Å². The van der Waals surface area contributed by atoms with Gasteiger partial charge in [-0.05, 0) is 6.92 Å². The van der Waals surface area contributed by atoms with Crippen molar-refractivity contribution in [2.45, 2.75) is 20.0 Å². The zero-order valence-corrected chi connectivity index (χ0v) is 11.7. The van der Waals surface area contributed by atoms with Crippen LogP contribution in [0.25, 0.3) is 0 Å². The number of amides is 1. The molecule has 0 atom stereocenters. The van der Waals surface area contributed by atoms with E-state index in [9.17, 15) is 9.59 Å². The summed E-state index contributed by atoms with van der Waals surface area (Å²) in [5.41, 5.74) is -0.508. The molecule has 1 amide bonds. The summed E-state index contributed by atoms with van der Waals surface area (Å²) in [6.45, 7) is 2.16. The quantitative estimate of drug-likeness (QED) is 0.741. The number of aromatic amines is 1. The molecule has 0 radical (unpaired) electrons. The monoisotopic (exact) mass is 293 g/mol. The lowest BCUT2D eigenvalue weighted by atomic mass is 10.3. The van der Waals surface area contributed by atoms with Crippen LogP contribution in [0.3, 0.4) is 0 Å². The Balaban J connectivity index is 1.87. The van der Waals surface area contributed by atoms with Gasteiger partial charge in [0.15, 0.2) is 5.82 Å². The molecular formula is C12H15N5O4. The summed E-state index contributed by atoms with van der Waals surface area (Å²) < 4.78 is 9.84. The van der Waals surface area contributed by atoms with E-state index in [0.29, 0.717) is 24.0 Å². The van der Waals surface area contributed by atoms with Gasteiger partial charge < -0.3 is 19.6 Å². The predicted molar refractivity (Wildman–Crippen MR) is 70.6 cm³/mol. The third-order valence-electron chi connectivity index (χ3n) is 2.58. The molecule has 0 aromatic carbocycles. The number of ether oxygens (including phenoxy) is 1. The number of nitrogens with one attached hydrogen (secondary N) is 2. The molecule has 0 fully saturated rings. The lowest BCUT2D eigenvalue weighted by molar-refractivity contribution is 0.0951. The van der Waals surface area contributed by atoms with Crippen molar-refractivity contribution in [3.63, 3.8) is 0 Å². The molecule has 2 aromatic heterocycles. The number of methoxy groups -OCH3 is 1. The molecule has 0 saturated carbocycles. The summed E-state index contributed by atoms with van der Waals surface area (Å²) in [4.78, 5) is 33.8. The molecule has 9 heteroatoms. The number of carbonyl (C=O) groups excluding carboxylic acids is 1. The highest BCUT2D eigenvalue weighted by atomic mass is 16.5. The third kappa shape index (κ3) is 3.96. The minimum Gasteiger partial charge on any atom is -0.377 e. The Labute approximate surface area is 119 Å². The number of carbonyl (C=O) groups is 1. The molecule has 0 unspecified atom stereocenters. The number of rotatable bonds is 6. The van der Waals surface area contributed by atoms with Gasteiger partial charge in [0.25, 0.3) is 11.5 Å². The van der Waals surface area contributed by atoms with Gasteiger partial charge in [-0.2, -0.15) is 4.98 Å². The Bertz CT molecular complexity index is 678. The van der Waals surface area contributed by atoms with Crippen molar-refractivity contribution in [2.75, 3.05) is 13.7 Å². The van der Waals surface area contributed by atoms with Gasteiger partial charge in [0, 0.05) is 26.3 Å². The van der Waals surface area contributed by atoms with Crippen molar-refractivity contribution in [3.05, 3.63) is 39.7 Å². The second-order valence-electron chi connectivity index (χ2n) is 4.25. The summed E-state index contributed by atoms with van der Waals surface area (Å²) in [6, 6.07) is 0. The van der Waals surface area contributed by atoms with Gasteiger partial charge in [0.05, 0.1) is 0 Å². The zero-order valence-electron chi connectivity index (χ0n) is 11.7. The lowest BCUT2D eigenvalue weighted by Gasteiger charge is -2.02. The van der Waals surface area contributed by atoms with Crippen LogP contribution in [-0.4, -0.2) is 39.7 Å². The van der Waals surface area contributed by atoms with E-state index in [4.69, 9.17) is 9.26 Å². The number of aromatic nitrogens is 4. The summed E-state index contributed by atoms with van der Waals surface area (Å²) in [5, 5.41) is 6.29. The maximum atomic E-state index is 11.8. The lowest BCUT2D eigenvalue weighted by Crippen LogP contribution is -2.31. The van der Waals surface area contributed by atoms with Gasteiger partial charge in [0.1, 0.15) is 18.0 Å². The fourth-order valence-electron chi connectivity index (χ4n) is 1.60. The fraction of sp³-hybridized carbons (Fsp3) is 0.417. The van der Waals surface area contributed by atoms with E-state index in [-0.39, 0.29) is 18.7 Å². The largest absolute Gasteiger partial charge is 0.377 e. The van der Waals surface area contributed by atoms with E-state index in [1.54, 1.807) is 6.92 Å². The van der Waals surface area contributed by atoms with Crippen LogP contribution in [0.2, 0.25) is 0 Å². The maximum Gasteiger partial charge on any atom is 0.263 e. The molecule has 21 heavy (non-hydrogen) atoms. The molecule has 0 spiro atoms. The van der Waals surface area contributed by atoms with Gasteiger partial charge in [-0.1, -0.05) is 5.16 Å². The van der Waals surface area contributed by atoms with Crippen LogP contribution in [0, 0.1) is 6.92 Å². The highest BCUT2D eigenvalue weighted by Gasteiger charge is 2.11. The molecule has 9 nitrogen and oxygen atoms in total. The molecule has 2 heterocycles. The van der Waals surface area contributed by atoms with Crippen molar-refractivity contribution >= 4 is 5.91 Å². The van der Waals surface area contributed by atoms with Crippen LogP contribution >= 0.6 is 0 Å². The highest BCUT2D eigenvalue weighted by Crippen LogP contribution is 1.99. The van der Waals surface area contributed by atoms with Crippen LogP contribution in [0.1, 0.15) is 27.9 Å². The zero-order chi connectivity index (χ0) is 15.2. The molecule has 0 aliphatic heterocycles. The first-order chi connectivity index (χ1) is 10.1. The second-order valence-corrected chi connectivity index (χ2v) is 4.25. The van der Waals surface area contributed by atoms with Gasteiger partial charge in [-0.3, -0.25) is 9.59 Å². The Hall–Kier alpha value is -2.55. The van der Waals surface area contributed by atoms with E-state index < -0.39 is 11.5 Å². The summed E-state index contributed by atoms with van der Waals surface area (Å²) in [7, 11) is 1.53. The van der Waals surface area contributed by atoms with Crippen molar-refractivity contribution in [1.82, 2.24) is 25.4 Å². The molecule has 2 N–H and O–H groups in total. The highest BCUT2D eigenvalue weighted by molar-refractivity contribution is 5.93. The average molecular weight is 293 g/mol. The first kappa shape index (κ1) is 14.9. The van der Waals surface area contributed by atoms with Crippen LogP contribution in [0.5, 0.6) is 0 Å². The van der Waals surface area contributed by atoms with Crippen molar-refractivity contribution in [1.29, 1.82) is 0 Å². The molecule has 2 aromatic rings. The van der Waals surface area contributed by atoms with E-state index >= 15 is 0 Å². The van der Waals surface area contributed by atoms with E-state index in [1.165, 1.54) is 13.3 Å². The Morgan fingerprint density at radius 3 is 3.05 bits per heavy atom. The minimum atomic E-state index is -0.500. The molecule has 0 aliphatic carbocycles. The number of hydrogen-bond acceptors (Lipinski definition) is 7. The summed E-state index contributed by atoms with van der Waals surface area (Å²) in [6.07, 6.45) is 1.60. The normalized spacial score (nSPS) is 10.6. The molecule has 0 saturated heterocycles. The van der Waals surface area contributed by atoms with Crippen LogP contribution in [-0.2, 0) is 17.8 Å². The first-order valence-electron chi connectivity index (χ1n) is 6.24. The number of hydrogen-bond donors (Lipinski definition) is 2. The van der Waals surface area contributed by atoms with Gasteiger partial charge in [-0.15, -0.1) is 0 Å². The molecule has 0 bridgehead atoms. The minimum absolute atomic E-state index is 0.0359. The van der Waals surface area contributed by atoms with E-state index in [0.717, 1.165) is 0 Å².